The lowest BCUT2D eigenvalue weighted by atomic mass is 10.0. The number of amidine groups is 1. The summed E-state index contributed by atoms with van der Waals surface area (Å²) in [5.74, 6) is 0.182. The van der Waals surface area contributed by atoms with Crippen molar-refractivity contribution >= 4 is 52.4 Å². The summed E-state index contributed by atoms with van der Waals surface area (Å²) in [6.07, 6.45) is 1.41. The minimum Gasteiger partial charge on any atom is -0.494 e. The summed E-state index contributed by atoms with van der Waals surface area (Å²) in [6, 6.07) is 13.2. The largest absolute Gasteiger partial charge is 0.494 e. The molecule has 1 aliphatic heterocycles. The molecule has 3 aromatic rings. The fourth-order valence-electron chi connectivity index (χ4n) is 3.58. The van der Waals surface area contributed by atoms with Crippen molar-refractivity contribution in [2.75, 3.05) is 24.3 Å². The van der Waals surface area contributed by atoms with E-state index in [1.807, 2.05) is 26.0 Å². The van der Waals surface area contributed by atoms with Crippen LogP contribution in [0.15, 0.2) is 59.7 Å². The Morgan fingerprint density at radius 3 is 2.40 bits per heavy atom. The van der Waals surface area contributed by atoms with Gasteiger partial charge in [0.15, 0.2) is 0 Å². The number of halogens is 2. The molecule has 0 atom stereocenters. The first-order valence-electron chi connectivity index (χ1n) is 10.7. The SMILES string of the molecule is COc1cc(Cl)cc(C(=O)Nc2ccc(Cl)cn2)c1NC(=O)c1ccccc1C1=NCC(C)(C)N1. The molecule has 2 amide bonds. The van der Waals surface area contributed by atoms with Crippen LogP contribution in [0.3, 0.4) is 0 Å². The number of ether oxygens (including phenoxy) is 1. The summed E-state index contributed by atoms with van der Waals surface area (Å²) in [7, 11) is 1.43. The summed E-state index contributed by atoms with van der Waals surface area (Å²) >= 11 is 12.1. The topological polar surface area (TPSA) is 105 Å². The van der Waals surface area contributed by atoms with Gasteiger partial charge in [0.2, 0.25) is 0 Å². The molecule has 0 saturated carbocycles. The highest BCUT2D eigenvalue weighted by Crippen LogP contribution is 2.34. The van der Waals surface area contributed by atoms with Crippen LogP contribution >= 0.6 is 23.2 Å². The highest BCUT2D eigenvalue weighted by Gasteiger charge is 2.28. The van der Waals surface area contributed by atoms with Crippen LogP contribution in [-0.2, 0) is 0 Å². The molecule has 0 aliphatic carbocycles. The first-order valence-corrected chi connectivity index (χ1v) is 11.5. The number of benzene rings is 2. The van der Waals surface area contributed by atoms with Crippen molar-refractivity contribution in [1.82, 2.24) is 10.3 Å². The zero-order valence-electron chi connectivity index (χ0n) is 19.3. The van der Waals surface area contributed by atoms with Crippen molar-refractivity contribution < 1.29 is 14.3 Å². The lowest BCUT2D eigenvalue weighted by Crippen LogP contribution is -2.40. The third kappa shape index (κ3) is 5.55. The monoisotopic (exact) mass is 511 g/mol. The number of rotatable bonds is 6. The number of hydrogen-bond donors (Lipinski definition) is 3. The van der Waals surface area contributed by atoms with Crippen LogP contribution < -0.4 is 20.7 Å². The average molecular weight is 512 g/mol. The molecule has 0 spiro atoms. The molecule has 0 radical (unpaired) electrons. The van der Waals surface area contributed by atoms with Gasteiger partial charge in [0.05, 0.1) is 41.0 Å². The Bertz CT molecular complexity index is 1320. The molecule has 1 aromatic heterocycles. The van der Waals surface area contributed by atoms with Crippen molar-refractivity contribution in [1.29, 1.82) is 0 Å². The number of nitrogens with zero attached hydrogens (tertiary/aromatic N) is 2. The fraction of sp³-hybridized carbons (Fsp3) is 0.200. The zero-order chi connectivity index (χ0) is 25.2. The van der Waals surface area contributed by atoms with E-state index in [1.54, 1.807) is 24.3 Å². The van der Waals surface area contributed by atoms with Crippen LogP contribution in [0.2, 0.25) is 10.0 Å². The van der Waals surface area contributed by atoms with Gasteiger partial charge in [0.25, 0.3) is 11.8 Å². The summed E-state index contributed by atoms with van der Waals surface area (Å²) < 4.78 is 5.43. The lowest BCUT2D eigenvalue weighted by Gasteiger charge is -2.20. The zero-order valence-corrected chi connectivity index (χ0v) is 20.8. The van der Waals surface area contributed by atoms with Gasteiger partial charge in [-0.3, -0.25) is 14.6 Å². The van der Waals surface area contributed by atoms with Gasteiger partial charge >= 0.3 is 0 Å². The van der Waals surface area contributed by atoms with Gasteiger partial charge in [0, 0.05) is 22.8 Å². The number of nitrogens with one attached hydrogen (secondary N) is 3. The minimum absolute atomic E-state index is 0.106. The predicted molar refractivity (Wildman–Crippen MR) is 138 cm³/mol. The van der Waals surface area contributed by atoms with Gasteiger partial charge in [-0.15, -0.1) is 0 Å². The molecule has 0 bridgehead atoms. The summed E-state index contributed by atoms with van der Waals surface area (Å²) in [4.78, 5) is 35.2. The highest BCUT2D eigenvalue weighted by atomic mass is 35.5. The number of aromatic nitrogens is 1. The Morgan fingerprint density at radius 2 is 1.74 bits per heavy atom. The molecule has 2 aromatic carbocycles. The van der Waals surface area contributed by atoms with Crippen LogP contribution in [-0.4, -0.2) is 41.8 Å². The van der Waals surface area contributed by atoms with Gasteiger partial charge < -0.3 is 20.7 Å². The van der Waals surface area contributed by atoms with E-state index in [0.29, 0.717) is 28.5 Å². The van der Waals surface area contributed by atoms with Crippen molar-refractivity contribution in [3.63, 3.8) is 0 Å². The molecule has 0 fully saturated rings. The molecule has 3 N–H and O–H groups in total. The molecule has 4 rings (SSSR count). The summed E-state index contributed by atoms with van der Waals surface area (Å²) in [5.41, 5.74) is 1.11. The molecule has 8 nitrogen and oxygen atoms in total. The molecule has 0 unspecified atom stereocenters. The Morgan fingerprint density at radius 1 is 1.00 bits per heavy atom. The van der Waals surface area contributed by atoms with E-state index in [2.05, 4.69) is 25.9 Å². The molecule has 1 aliphatic rings. The Hall–Kier alpha value is -3.62. The van der Waals surface area contributed by atoms with Crippen molar-refractivity contribution in [3.05, 3.63) is 81.5 Å². The lowest BCUT2D eigenvalue weighted by molar-refractivity contribution is 0.102. The fourth-order valence-corrected chi connectivity index (χ4v) is 3.90. The van der Waals surface area contributed by atoms with E-state index in [-0.39, 0.29) is 33.4 Å². The number of amides is 2. The molecular weight excluding hydrogens is 489 g/mol. The van der Waals surface area contributed by atoms with E-state index in [9.17, 15) is 9.59 Å². The van der Waals surface area contributed by atoms with E-state index in [4.69, 9.17) is 27.9 Å². The second-order valence-corrected chi connectivity index (χ2v) is 9.39. The summed E-state index contributed by atoms with van der Waals surface area (Å²) in [5, 5.41) is 9.55. The molecule has 35 heavy (non-hydrogen) atoms. The number of carbonyl (C=O) groups is 2. The van der Waals surface area contributed by atoms with E-state index in [0.717, 1.165) is 0 Å². The van der Waals surface area contributed by atoms with Crippen molar-refractivity contribution in [2.45, 2.75) is 19.4 Å². The van der Waals surface area contributed by atoms with Crippen LogP contribution in [0, 0.1) is 0 Å². The number of pyridine rings is 1. The van der Waals surface area contributed by atoms with Crippen LogP contribution in [0.4, 0.5) is 11.5 Å². The quantitative estimate of drug-likeness (QED) is 0.430. The average Bonchev–Trinajstić information content (AvgIpc) is 3.20. The van der Waals surface area contributed by atoms with E-state index >= 15 is 0 Å². The van der Waals surface area contributed by atoms with Crippen LogP contribution in [0.5, 0.6) is 5.75 Å². The second-order valence-electron chi connectivity index (χ2n) is 8.52. The normalized spacial score (nSPS) is 14.0. The molecule has 10 heteroatoms. The first-order chi connectivity index (χ1) is 16.7. The molecular formula is C25H23Cl2N5O3. The standard InChI is InChI=1S/C25H23Cl2N5O3/c1-25(2)13-29-22(32-25)16-6-4-5-7-17(16)23(33)31-21-18(10-15(27)11-19(21)35-3)24(34)30-20-9-8-14(26)12-28-20/h4-12H,13H2,1-3H3,(H,29,32)(H,31,33)(H,28,30,34). The van der Waals surface area contributed by atoms with E-state index < -0.39 is 11.8 Å². The minimum atomic E-state index is -0.534. The third-order valence-electron chi connectivity index (χ3n) is 5.26. The molecule has 180 valence electrons. The smallest absolute Gasteiger partial charge is 0.259 e. The number of hydrogen-bond acceptors (Lipinski definition) is 6. The van der Waals surface area contributed by atoms with Gasteiger partial charge in [0.1, 0.15) is 17.4 Å². The van der Waals surface area contributed by atoms with Gasteiger partial charge in [-0.1, -0.05) is 41.4 Å². The maximum atomic E-state index is 13.4. The Balaban J connectivity index is 1.67. The van der Waals surface area contributed by atoms with Crippen molar-refractivity contribution in [2.24, 2.45) is 4.99 Å². The number of aliphatic imine (C=N–C) groups is 1. The number of anilines is 2. The predicted octanol–water partition coefficient (Wildman–Crippen LogP) is 5.03. The Labute approximate surface area is 212 Å². The van der Waals surface area contributed by atoms with Gasteiger partial charge in [-0.05, 0) is 38.1 Å². The van der Waals surface area contributed by atoms with E-state index in [1.165, 1.54) is 25.4 Å². The number of carbonyl (C=O) groups excluding carboxylic acids is 2. The van der Waals surface area contributed by atoms with Gasteiger partial charge in [-0.2, -0.15) is 0 Å². The van der Waals surface area contributed by atoms with Gasteiger partial charge in [-0.25, -0.2) is 4.98 Å². The Kier molecular flexibility index (Phi) is 6.95. The second kappa shape index (κ2) is 9.93. The third-order valence-corrected chi connectivity index (χ3v) is 5.70. The highest BCUT2D eigenvalue weighted by molar-refractivity contribution is 6.32. The van der Waals surface area contributed by atoms with Crippen LogP contribution in [0.1, 0.15) is 40.1 Å². The molecule has 2 heterocycles. The first kappa shape index (κ1) is 24.5. The van der Waals surface area contributed by atoms with Crippen LogP contribution in [0.25, 0.3) is 0 Å². The maximum Gasteiger partial charge on any atom is 0.259 e. The van der Waals surface area contributed by atoms with Crippen molar-refractivity contribution in [3.8, 4) is 5.75 Å². The maximum absolute atomic E-state index is 13.4. The molecule has 0 saturated heterocycles. The summed E-state index contributed by atoms with van der Waals surface area (Å²) in [6.45, 7) is 4.66. The number of methoxy groups -OCH3 is 1.